The van der Waals surface area contributed by atoms with Gasteiger partial charge in [0, 0.05) is 17.8 Å². The van der Waals surface area contributed by atoms with E-state index < -0.39 is 11.7 Å². The zero-order valence-corrected chi connectivity index (χ0v) is 14.3. The first kappa shape index (κ1) is 17.0. The lowest BCUT2D eigenvalue weighted by Gasteiger charge is -2.19. The predicted octanol–water partition coefficient (Wildman–Crippen LogP) is 3.02. The number of hydrogen-bond donors (Lipinski definition) is 2. The number of carbonyl (C=O) groups excluding carboxylic acids is 1. The maximum atomic E-state index is 11.6. The highest BCUT2D eigenvalue weighted by molar-refractivity contribution is 5.67. The quantitative estimate of drug-likeness (QED) is 0.851. The van der Waals surface area contributed by atoms with Crippen molar-refractivity contribution < 1.29 is 9.53 Å². The zero-order valence-electron chi connectivity index (χ0n) is 14.3. The Morgan fingerprint density at radius 3 is 2.48 bits per heavy atom. The maximum absolute atomic E-state index is 11.6. The minimum absolute atomic E-state index is 0.476. The van der Waals surface area contributed by atoms with Crippen LogP contribution in [0.5, 0.6) is 0 Å². The highest BCUT2D eigenvalue weighted by Gasteiger charge is 2.16. The maximum Gasteiger partial charge on any atom is 0.422 e. The van der Waals surface area contributed by atoms with Gasteiger partial charge in [0.1, 0.15) is 5.60 Å². The summed E-state index contributed by atoms with van der Waals surface area (Å²) >= 11 is 0. The molecule has 1 aromatic carbocycles. The van der Waals surface area contributed by atoms with E-state index in [1.807, 2.05) is 69.6 Å². The van der Waals surface area contributed by atoms with Gasteiger partial charge in [-0.2, -0.15) is 5.10 Å². The first-order valence-electron chi connectivity index (χ1n) is 7.60. The number of aryl methyl sites for hydroxylation is 1. The number of hydrogen-bond acceptors (Lipinski definition) is 4. The fourth-order valence-electron chi connectivity index (χ4n) is 2.26. The van der Waals surface area contributed by atoms with Gasteiger partial charge in [-0.15, -0.1) is 0 Å². The molecule has 0 spiro atoms. The van der Waals surface area contributed by atoms with Crippen LogP contribution in [0.3, 0.4) is 0 Å². The van der Waals surface area contributed by atoms with Crippen LogP contribution in [-0.2, 0) is 11.3 Å². The van der Waals surface area contributed by atoms with Crippen LogP contribution in [0.25, 0.3) is 5.69 Å². The zero-order chi connectivity index (χ0) is 17.0. The van der Waals surface area contributed by atoms with Crippen molar-refractivity contribution in [2.45, 2.75) is 46.8 Å². The molecule has 0 saturated carbocycles. The molecule has 6 heteroatoms. The van der Waals surface area contributed by atoms with Crippen LogP contribution in [0.4, 0.5) is 4.79 Å². The summed E-state index contributed by atoms with van der Waals surface area (Å²) in [5, 5.41) is 4.57. The number of amides is 1. The molecule has 1 heterocycles. The van der Waals surface area contributed by atoms with Gasteiger partial charge in [0.05, 0.1) is 11.4 Å². The Morgan fingerprint density at radius 1 is 1.22 bits per heavy atom. The van der Waals surface area contributed by atoms with Crippen LogP contribution in [0.1, 0.15) is 37.7 Å². The van der Waals surface area contributed by atoms with E-state index in [-0.39, 0.29) is 0 Å². The van der Waals surface area contributed by atoms with E-state index >= 15 is 0 Å². The minimum Gasteiger partial charge on any atom is -0.443 e. The second-order valence-electron chi connectivity index (χ2n) is 6.38. The normalized spacial score (nSPS) is 11.3. The van der Waals surface area contributed by atoms with E-state index in [9.17, 15) is 4.79 Å². The van der Waals surface area contributed by atoms with Crippen molar-refractivity contribution in [1.82, 2.24) is 20.6 Å². The van der Waals surface area contributed by atoms with Crippen molar-refractivity contribution in [2.24, 2.45) is 0 Å². The standard InChI is InChI=1S/C17H24N4O2/c1-12-15(11-18-19-16(22)23-17(3,4)5)13(2)21(20-12)14-9-7-6-8-10-14/h6-10,18H,11H2,1-5H3,(H,19,22). The monoisotopic (exact) mass is 316 g/mol. The molecule has 2 rings (SSSR count). The first-order valence-corrected chi connectivity index (χ1v) is 7.60. The lowest BCUT2D eigenvalue weighted by atomic mass is 10.2. The molecule has 0 bridgehead atoms. The third-order valence-electron chi connectivity index (χ3n) is 3.30. The molecule has 1 amide bonds. The van der Waals surface area contributed by atoms with E-state index in [4.69, 9.17) is 4.74 Å². The summed E-state index contributed by atoms with van der Waals surface area (Å²) in [5.41, 5.74) is 8.93. The summed E-state index contributed by atoms with van der Waals surface area (Å²) in [4.78, 5) is 11.6. The number of nitrogens with zero attached hydrogens (tertiary/aromatic N) is 2. The number of ether oxygens (including phenoxy) is 1. The van der Waals surface area contributed by atoms with Crippen molar-refractivity contribution in [1.29, 1.82) is 0 Å². The average Bonchev–Trinajstić information content (AvgIpc) is 2.74. The smallest absolute Gasteiger partial charge is 0.422 e. The molecule has 0 radical (unpaired) electrons. The van der Waals surface area contributed by atoms with Gasteiger partial charge in [0.2, 0.25) is 0 Å². The Kier molecular flexibility index (Phi) is 5.05. The van der Waals surface area contributed by atoms with Crippen LogP contribution in [0.15, 0.2) is 30.3 Å². The third kappa shape index (κ3) is 4.56. The number of para-hydroxylation sites is 1. The fourth-order valence-corrected chi connectivity index (χ4v) is 2.26. The SMILES string of the molecule is Cc1nn(-c2ccccc2)c(C)c1CNNC(=O)OC(C)(C)C. The number of benzene rings is 1. The molecule has 23 heavy (non-hydrogen) atoms. The molecule has 0 aliphatic heterocycles. The molecule has 6 nitrogen and oxygen atoms in total. The van der Waals surface area contributed by atoms with Gasteiger partial charge in [-0.1, -0.05) is 18.2 Å². The van der Waals surface area contributed by atoms with Gasteiger partial charge in [-0.05, 0) is 46.8 Å². The molecular formula is C17H24N4O2. The Morgan fingerprint density at radius 2 is 1.87 bits per heavy atom. The predicted molar refractivity (Wildman–Crippen MR) is 89.2 cm³/mol. The molecule has 0 unspecified atom stereocenters. The molecular weight excluding hydrogens is 292 g/mol. The summed E-state index contributed by atoms with van der Waals surface area (Å²) in [7, 11) is 0. The number of aromatic nitrogens is 2. The van der Waals surface area contributed by atoms with E-state index in [0.29, 0.717) is 6.54 Å². The Bertz CT molecular complexity index is 672. The van der Waals surface area contributed by atoms with E-state index in [1.54, 1.807) is 0 Å². The van der Waals surface area contributed by atoms with Gasteiger partial charge >= 0.3 is 6.09 Å². The van der Waals surface area contributed by atoms with Crippen molar-refractivity contribution in [3.8, 4) is 5.69 Å². The summed E-state index contributed by atoms with van der Waals surface area (Å²) in [5.74, 6) is 0. The van der Waals surface area contributed by atoms with Gasteiger partial charge < -0.3 is 4.74 Å². The molecule has 0 atom stereocenters. The summed E-state index contributed by atoms with van der Waals surface area (Å²) in [6.07, 6.45) is -0.497. The van der Waals surface area contributed by atoms with Crippen LogP contribution >= 0.6 is 0 Å². The van der Waals surface area contributed by atoms with Crippen molar-refractivity contribution in [3.05, 3.63) is 47.3 Å². The fraction of sp³-hybridized carbons (Fsp3) is 0.412. The number of rotatable bonds is 4. The Labute approximate surface area is 136 Å². The third-order valence-corrected chi connectivity index (χ3v) is 3.30. The Balaban J connectivity index is 2.02. The molecule has 124 valence electrons. The number of hydrazine groups is 1. The number of nitrogens with one attached hydrogen (secondary N) is 2. The molecule has 0 saturated heterocycles. The first-order chi connectivity index (χ1) is 10.8. The van der Waals surface area contributed by atoms with E-state index in [0.717, 1.165) is 22.6 Å². The van der Waals surface area contributed by atoms with Gasteiger partial charge in [0.15, 0.2) is 0 Å². The van der Waals surface area contributed by atoms with Gasteiger partial charge in [-0.25, -0.2) is 14.9 Å². The van der Waals surface area contributed by atoms with Gasteiger partial charge in [-0.3, -0.25) is 5.43 Å². The second-order valence-corrected chi connectivity index (χ2v) is 6.38. The molecule has 2 N–H and O–H groups in total. The lowest BCUT2D eigenvalue weighted by molar-refractivity contribution is 0.0497. The second kappa shape index (κ2) is 6.83. The van der Waals surface area contributed by atoms with Crippen molar-refractivity contribution >= 4 is 6.09 Å². The van der Waals surface area contributed by atoms with Gasteiger partial charge in [0.25, 0.3) is 0 Å². The minimum atomic E-state index is -0.518. The van der Waals surface area contributed by atoms with E-state index in [2.05, 4.69) is 16.0 Å². The summed E-state index contributed by atoms with van der Waals surface area (Å²) < 4.78 is 7.08. The van der Waals surface area contributed by atoms with Crippen LogP contribution < -0.4 is 10.9 Å². The molecule has 0 aliphatic carbocycles. The largest absolute Gasteiger partial charge is 0.443 e. The number of carbonyl (C=O) groups is 1. The van der Waals surface area contributed by atoms with Crippen molar-refractivity contribution in [2.75, 3.05) is 0 Å². The average molecular weight is 316 g/mol. The highest BCUT2D eigenvalue weighted by Crippen LogP contribution is 2.17. The summed E-state index contributed by atoms with van der Waals surface area (Å²) in [6, 6.07) is 9.95. The van der Waals surface area contributed by atoms with Crippen LogP contribution in [0, 0.1) is 13.8 Å². The molecule has 2 aromatic rings. The highest BCUT2D eigenvalue weighted by atomic mass is 16.6. The molecule has 0 fully saturated rings. The van der Waals surface area contributed by atoms with Crippen LogP contribution in [-0.4, -0.2) is 21.5 Å². The molecule has 1 aromatic heterocycles. The topological polar surface area (TPSA) is 68.2 Å². The van der Waals surface area contributed by atoms with E-state index in [1.165, 1.54) is 0 Å². The van der Waals surface area contributed by atoms with Crippen LogP contribution in [0.2, 0.25) is 0 Å². The molecule has 0 aliphatic rings. The van der Waals surface area contributed by atoms with Crippen molar-refractivity contribution in [3.63, 3.8) is 0 Å². The lowest BCUT2D eigenvalue weighted by Crippen LogP contribution is -2.40. The summed E-state index contributed by atoms with van der Waals surface area (Å²) in [6.45, 7) is 9.92. The Hall–Kier alpha value is -2.34.